The van der Waals surface area contributed by atoms with Gasteiger partial charge in [0.2, 0.25) is 0 Å². The van der Waals surface area contributed by atoms with E-state index in [-0.39, 0.29) is 16.9 Å². The highest BCUT2D eigenvalue weighted by Gasteiger charge is 2.23. The first-order chi connectivity index (χ1) is 7.68. The highest BCUT2D eigenvalue weighted by atomic mass is 35.5. The lowest BCUT2D eigenvalue weighted by Gasteiger charge is -2.18. The molecule has 2 unspecified atom stereocenters. The number of halogens is 2. The van der Waals surface area contributed by atoms with Crippen molar-refractivity contribution in [1.82, 2.24) is 0 Å². The van der Waals surface area contributed by atoms with Gasteiger partial charge in [0.1, 0.15) is 5.82 Å². The minimum Gasteiger partial charge on any atom is -0.326 e. The van der Waals surface area contributed by atoms with Gasteiger partial charge in [-0.2, -0.15) is 11.8 Å². The summed E-state index contributed by atoms with van der Waals surface area (Å²) in [6, 6.07) is 4.99. The molecule has 16 heavy (non-hydrogen) atoms. The fourth-order valence-electron chi connectivity index (χ4n) is 2.03. The zero-order valence-electron chi connectivity index (χ0n) is 8.96. The van der Waals surface area contributed by atoms with Crippen molar-refractivity contribution in [3.05, 3.63) is 34.6 Å². The van der Waals surface area contributed by atoms with E-state index in [1.165, 1.54) is 24.7 Å². The summed E-state index contributed by atoms with van der Waals surface area (Å²) in [6.45, 7) is 0. The number of hydrogen-bond acceptors (Lipinski definition) is 2. The molecule has 0 amide bonds. The van der Waals surface area contributed by atoms with Crippen LogP contribution in [0, 0.1) is 5.82 Å². The first-order valence-corrected chi connectivity index (χ1v) is 6.91. The summed E-state index contributed by atoms with van der Waals surface area (Å²) in [5.41, 5.74) is 6.95. The van der Waals surface area contributed by atoms with Crippen molar-refractivity contribution in [2.45, 2.75) is 30.6 Å². The van der Waals surface area contributed by atoms with Gasteiger partial charge in [-0.05, 0) is 36.6 Å². The maximum Gasteiger partial charge on any atom is 0.142 e. The molecule has 1 saturated heterocycles. The summed E-state index contributed by atoms with van der Waals surface area (Å²) in [4.78, 5) is 0. The van der Waals surface area contributed by atoms with Crippen LogP contribution in [0.4, 0.5) is 4.39 Å². The largest absolute Gasteiger partial charge is 0.326 e. The smallest absolute Gasteiger partial charge is 0.142 e. The number of benzene rings is 1. The van der Waals surface area contributed by atoms with E-state index in [0.717, 1.165) is 5.56 Å². The zero-order valence-corrected chi connectivity index (χ0v) is 10.5. The van der Waals surface area contributed by atoms with E-state index in [1.807, 2.05) is 17.8 Å². The molecule has 1 aliphatic heterocycles. The van der Waals surface area contributed by atoms with E-state index in [9.17, 15) is 4.39 Å². The Hall–Kier alpha value is -0.250. The highest BCUT2D eigenvalue weighted by molar-refractivity contribution is 8.00. The fourth-order valence-corrected chi connectivity index (χ4v) is 3.55. The van der Waals surface area contributed by atoms with Crippen molar-refractivity contribution < 1.29 is 4.39 Å². The maximum absolute atomic E-state index is 13.2. The van der Waals surface area contributed by atoms with Crippen molar-refractivity contribution in [1.29, 1.82) is 0 Å². The molecular weight excluding hydrogens is 245 g/mol. The molecule has 1 heterocycles. The third kappa shape index (κ3) is 2.70. The van der Waals surface area contributed by atoms with E-state index < -0.39 is 0 Å². The summed E-state index contributed by atoms with van der Waals surface area (Å²) in [5.74, 6) is 0.834. The van der Waals surface area contributed by atoms with E-state index in [1.54, 1.807) is 6.07 Å². The second-order valence-electron chi connectivity index (χ2n) is 4.13. The molecule has 4 heteroatoms. The Balaban J connectivity index is 2.05. The highest BCUT2D eigenvalue weighted by Crippen LogP contribution is 2.30. The van der Waals surface area contributed by atoms with Crippen LogP contribution in [0.25, 0.3) is 0 Å². The minimum atomic E-state index is -0.356. The Morgan fingerprint density at radius 2 is 2.38 bits per heavy atom. The molecule has 0 aromatic heterocycles. The average molecular weight is 260 g/mol. The average Bonchev–Trinajstić information content (AvgIpc) is 2.78. The molecule has 2 rings (SSSR count). The lowest BCUT2D eigenvalue weighted by atomic mass is 10.0. The topological polar surface area (TPSA) is 26.0 Å². The predicted molar refractivity (Wildman–Crippen MR) is 68.6 cm³/mol. The second kappa shape index (κ2) is 5.39. The molecule has 0 saturated carbocycles. The number of rotatable bonds is 3. The molecule has 1 nitrogen and oxygen atoms in total. The summed E-state index contributed by atoms with van der Waals surface area (Å²) >= 11 is 7.82. The van der Waals surface area contributed by atoms with Crippen LogP contribution >= 0.6 is 23.4 Å². The van der Waals surface area contributed by atoms with Gasteiger partial charge >= 0.3 is 0 Å². The van der Waals surface area contributed by atoms with Crippen LogP contribution in [0.15, 0.2) is 18.2 Å². The van der Waals surface area contributed by atoms with Crippen LogP contribution in [0.3, 0.4) is 0 Å². The molecule has 1 aromatic rings. The van der Waals surface area contributed by atoms with Gasteiger partial charge in [-0.15, -0.1) is 0 Å². The minimum absolute atomic E-state index is 0.0757. The Kier molecular flexibility index (Phi) is 4.11. The molecule has 0 bridgehead atoms. The first-order valence-electron chi connectivity index (χ1n) is 5.48. The lowest BCUT2D eigenvalue weighted by Crippen LogP contribution is -2.33. The van der Waals surface area contributed by atoms with Crippen molar-refractivity contribution in [2.24, 2.45) is 5.73 Å². The second-order valence-corrected chi connectivity index (χ2v) is 5.86. The van der Waals surface area contributed by atoms with Crippen molar-refractivity contribution >= 4 is 23.4 Å². The number of thioether (sulfide) groups is 1. The van der Waals surface area contributed by atoms with Gasteiger partial charge in [-0.1, -0.05) is 23.7 Å². The molecule has 1 fully saturated rings. The van der Waals surface area contributed by atoms with Crippen LogP contribution in [0.2, 0.25) is 5.02 Å². The van der Waals surface area contributed by atoms with Crippen LogP contribution in [-0.4, -0.2) is 17.0 Å². The van der Waals surface area contributed by atoms with Gasteiger partial charge in [0.15, 0.2) is 0 Å². The Morgan fingerprint density at radius 3 is 3.06 bits per heavy atom. The molecular formula is C12H15ClFNS. The van der Waals surface area contributed by atoms with Gasteiger partial charge in [-0.25, -0.2) is 4.39 Å². The molecule has 2 atom stereocenters. The van der Waals surface area contributed by atoms with Crippen molar-refractivity contribution in [3.8, 4) is 0 Å². The van der Waals surface area contributed by atoms with Crippen molar-refractivity contribution in [2.75, 3.05) is 5.75 Å². The number of nitrogens with two attached hydrogens (primary N) is 1. The van der Waals surface area contributed by atoms with E-state index >= 15 is 0 Å². The third-order valence-corrected chi connectivity index (χ3v) is 4.89. The van der Waals surface area contributed by atoms with Gasteiger partial charge in [0, 0.05) is 11.3 Å². The summed E-state index contributed by atoms with van der Waals surface area (Å²) < 4.78 is 13.2. The van der Waals surface area contributed by atoms with E-state index in [2.05, 4.69) is 0 Å². The number of hydrogen-bond donors (Lipinski definition) is 1. The van der Waals surface area contributed by atoms with Gasteiger partial charge in [0.05, 0.1) is 5.02 Å². The molecule has 0 radical (unpaired) electrons. The predicted octanol–water partition coefficient (Wildman–Crippen LogP) is 3.24. The van der Waals surface area contributed by atoms with Crippen LogP contribution < -0.4 is 5.73 Å². The zero-order chi connectivity index (χ0) is 11.5. The van der Waals surface area contributed by atoms with Gasteiger partial charge in [-0.3, -0.25) is 0 Å². The molecule has 2 N–H and O–H groups in total. The fraction of sp³-hybridized carbons (Fsp3) is 0.500. The Bertz CT molecular complexity index is 366. The summed E-state index contributed by atoms with van der Waals surface area (Å²) in [5, 5.41) is 0.722. The summed E-state index contributed by atoms with van der Waals surface area (Å²) in [7, 11) is 0. The third-order valence-electron chi connectivity index (χ3n) is 2.93. The van der Waals surface area contributed by atoms with Gasteiger partial charge < -0.3 is 5.73 Å². The standard InChI is InChI=1S/C12H15ClFNS/c13-12-8(3-1-4-9(12)14)7-10(15)11-5-2-6-16-11/h1,3-4,10-11H,2,5-7,15H2. The van der Waals surface area contributed by atoms with E-state index in [0.29, 0.717) is 11.7 Å². The van der Waals surface area contributed by atoms with Crippen LogP contribution in [0.5, 0.6) is 0 Å². The quantitative estimate of drug-likeness (QED) is 0.902. The lowest BCUT2D eigenvalue weighted by molar-refractivity contribution is 0.599. The van der Waals surface area contributed by atoms with Crippen LogP contribution in [0.1, 0.15) is 18.4 Å². The molecule has 0 aliphatic carbocycles. The molecule has 0 spiro atoms. The van der Waals surface area contributed by atoms with Gasteiger partial charge in [0.25, 0.3) is 0 Å². The van der Waals surface area contributed by atoms with Crippen LogP contribution in [-0.2, 0) is 6.42 Å². The maximum atomic E-state index is 13.2. The monoisotopic (exact) mass is 259 g/mol. The van der Waals surface area contributed by atoms with Crippen molar-refractivity contribution in [3.63, 3.8) is 0 Å². The summed E-state index contributed by atoms with van der Waals surface area (Å²) in [6.07, 6.45) is 3.06. The molecule has 1 aromatic carbocycles. The molecule has 88 valence electrons. The first kappa shape index (κ1) is 12.2. The Morgan fingerprint density at radius 1 is 1.56 bits per heavy atom. The SMILES string of the molecule is NC(Cc1cccc(F)c1Cl)C1CCCS1. The molecule has 1 aliphatic rings. The normalized spacial score (nSPS) is 22.3. The Labute approximate surface area is 105 Å². The van der Waals surface area contributed by atoms with E-state index in [4.69, 9.17) is 17.3 Å².